The minimum atomic E-state index is -0.623. The number of carbonyl (C=O) groups excluding carboxylic acids is 2. The van der Waals surface area contributed by atoms with Crippen molar-refractivity contribution in [2.24, 2.45) is 0 Å². The number of hydrogen-bond acceptors (Lipinski definition) is 7. The normalized spacial score (nSPS) is 22.9. The lowest BCUT2D eigenvalue weighted by atomic mass is 10.1. The molecular weight excluding hydrogens is 386 g/mol. The van der Waals surface area contributed by atoms with Gasteiger partial charge in [0.1, 0.15) is 12.6 Å². The highest BCUT2D eigenvalue weighted by atomic mass is 32.1. The summed E-state index contributed by atoms with van der Waals surface area (Å²) in [5, 5.41) is 20.2. The number of aliphatic hydroxyl groups is 1. The van der Waals surface area contributed by atoms with E-state index >= 15 is 0 Å². The Labute approximate surface area is 167 Å². The summed E-state index contributed by atoms with van der Waals surface area (Å²) in [5.41, 5.74) is 0.582. The van der Waals surface area contributed by atoms with Crippen LogP contribution in [0.15, 0.2) is 24.3 Å². The first-order valence-electron chi connectivity index (χ1n) is 9.17. The van der Waals surface area contributed by atoms with Crippen LogP contribution < -0.4 is 0 Å². The Bertz CT molecular complexity index is 735. The van der Waals surface area contributed by atoms with Gasteiger partial charge in [0.2, 0.25) is 5.91 Å². The second-order valence-corrected chi connectivity index (χ2v) is 7.82. The fraction of sp³-hybridized carbons (Fsp3) is 0.556. The lowest BCUT2D eigenvalue weighted by Crippen LogP contribution is -2.50. The molecule has 0 aliphatic carbocycles. The van der Waals surface area contributed by atoms with Gasteiger partial charge in [-0.3, -0.25) is 19.8 Å². The number of nitro benzene ring substituents is 1. The van der Waals surface area contributed by atoms with Gasteiger partial charge in [-0.05, 0) is 37.0 Å². The van der Waals surface area contributed by atoms with Gasteiger partial charge in [-0.25, -0.2) is 4.79 Å². The zero-order valence-corrected chi connectivity index (χ0v) is 16.2. The standard InChI is InChI=1S/C18H23N3O6S/c22-14-5-7-19(8-6-14)17(23)16-9-15(28)10-20(16)18(24)27-11-12-1-3-13(4-2-12)21(25)26/h1-4,14-16,22,28H,5-11H2/t15-,16-/m0/s1. The molecule has 0 unspecified atom stereocenters. The largest absolute Gasteiger partial charge is 0.445 e. The van der Waals surface area contributed by atoms with Crippen LogP contribution in [-0.2, 0) is 16.1 Å². The number of carbonyl (C=O) groups is 2. The summed E-state index contributed by atoms with van der Waals surface area (Å²) in [6, 6.07) is 5.12. The number of ether oxygens (including phenoxy) is 1. The van der Waals surface area contributed by atoms with E-state index in [0.29, 0.717) is 44.5 Å². The third-order valence-electron chi connectivity index (χ3n) is 5.08. The molecule has 3 rings (SSSR count). The topological polar surface area (TPSA) is 113 Å². The smallest absolute Gasteiger partial charge is 0.410 e. The number of benzene rings is 1. The third-order valence-corrected chi connectivity index (χ3v) is 5.46. The number of hydrogen-bond donors (Lipinski definition) is 2. The van der Waals surface area contributed by atoms with Crippen LogP contribution in [0.25, 0.3) is 0 Å². The Balaban J connectivity index is 1.59. The van der Waals surface area contributed by atoms with Crippen LogP contribution >= 0.6 is 12.6 Å². The molecule has 0 bridgehead atoms. The first-order chi connectivity index (χ1) is 13.3. The number of aliphatic hydroxyl groups excluding tert-OH is 1. The second kappa shape index (κ2) is 8.78. The summed E-state index contributed by atoms with van der Waals surface area (Å²) < 4.78 is 5.32. The molecule has 0 aromatic heterocycles. The van der Waals surface area contributed by atoms with Gasteiger partial charge < -0.3 is 14.7 Å². The molecule has 1 aromatic carbocycles. The number of amides is 2. The van der Waals surface area contributed by atoms with Gasteiger partial charge in [0, 0.05) is 37.0 Å². The van der Waals surface area contributed by atoms with Gasteiger partial charge in [0.15, 0.2) is 0 Å². The number of piperidine rings is 1. The Kier molecular flexibility index (Phi) is 6.40. The molecule has 1 N–H and O–H groups in total. The van der Waals surface area contributed by atoms with E-state index in [9.17, 15) is 24.8 Å². The van der Waals surface area contributed by atoms with Crippen LogP contribution in [-0.4, -0.2) is 68.9 Å². The van der Waals surface area contributed by atoms with Gasteiger partial charge in [0.05, 0.1) is 11.0 Å². The first-order valence-corrected chi connectivity index (χ1v) is 9.68. The van der Waals surface area contributed by atoms with Crippen molar-refractivity contribution < 1.29 is 24.4 Å². The van der Waals surface area contributed by atoms with Crippen molar-refractivity contribution in [3.05, 3.63) is 39.9 Å². The number of non-ortho nitro benzene ring substituents is 1. The van der Waals surface area contributed by atoms with Gasteiger partial charge >= 0.3 is 6.09 Å². The van der Waals surface area contributed by atoms with Crippen molar-refractivity contribution in [2.75, 3.05) is 19.6 Å². The van der Waals surface area contributed by atoms with E-state index in [1.807, 2.05) is 0 Å². The van der Waals surface area contributed by atoms with E-state index < -0.39 is 17.1 Å². The molecule has 2 fully saturated rings. The van der Waals surface area contributed by atoms with Gasteiger partial charge in [0.25, 0.3) is 5.69 Å². The molecule has 28 heavy (non-hydrogen) atoms. The Morgan fingerprint density at radius 1 is 1.25 bits per heavy atom. The Morgan fingerprint density at radius 3 is 2.50 bits per heavy atom. The number of likely N-dealkylation sites (tertiary alicyclic amines) is 2. The van der Waals surface area contributed by atoms with E-state index in [1.165, 1.54) is 29.2 Å². The van der Waals surface area contributed by atoms with Crippen LogP contribution in [0.1, 0.15) is 24.8 Å². The minimum absolute atomic E-state index is 0.0372. The predicted molar refractivity (Wildman–Crippen MR) is 103 cm³/mol. The molecule has 2 saturated heterocycles. The highest BCUT2D eigenvalue weighted by Crippen LogP contribution is 2.26. The quantitative estimate of drug-likeness (QED) is 0.444. The molecule has 2 aliphatic heterocycles. The summed E-state index contributed by atoms with van der Waals surface area (Å²) in [5.74, 6) is -0.143. The second-order valence-electron chi connectivity index (χ2n) is 7.09. The number of rotatable bonds is 4. The van der Waals surface area contributed by atoms with E-state index in [1.54, 1.807) is 4.90 Å². The maximum atomic E-state index is 12.8. The van der Waals surface area contributed by atoms with Crippen LogP contribution in [0.4, 0.5) is 10.5 Å². The zero-order valence-electron chi connectivity index (χ0n) is 15.3. The van der Waals surface area contributed by atoms with Crippen LogP contribution in [0, 0.1) is 10.1 Å². The maximum absolute atomic E-state index is 12.8. The summed E-state index contributed by atoms with van der Waals surface area (Å²) in [7, 11) is 0. The Hall–Kier alpha value is -2.33. The molecule has 0 radical (unpaired) electrons. The average Bonchev–Trinajstić information content (AvgIpc) is 3.08. The first kappa shape index (κ1) is 20.4. The van der Waals surface area contributed by atoms with Gasteiger partial charge in [-0.15, -0.1) is 0 Å². The van der Waals surface area contributed by atoms with E-state index in [-0.39, 0.29) is 29.6 Å². The molecule has 2 amide bonds. The average molecular weight is 409 g/mol. The summed E-state index contributed by atoms with van der Waals surface area (Å²) >= 11 is 4.42. The van der Waals surface area contributed by atoms with Crippen molar-refractivity contribution in [3.63, 3.8) is 0 Å². The molecule has 1 aromatic rings. The van der Waals surface area contributed by atoms with Crippen LogP contribution in [0.5, 0.6) is 0 Å². The summed E-state index contributed by atoms with van der Waals surface area (Å²) in [6.07, 6.45) is 0.534. The molecule has 152 valence electrons. The SMILES string of the molecule is O=C([C@@H]1C[C@H](S)CN1C(=O)OCc1ccc([N+](=O)[O-])cc1)N1CCC(O)CC1. The van der Waals surface area contributed by atoms with Gasteiger partial charge in [-0.1, -0.05) is 0 Å². The monoisotopic (exact) mass is 409 g/mol. The van der Waals surface area contributed by atoms with Gasteiger partial charge in [-0.2, -0.15) is 12.6 Å². The van der Waals surface area contributed by atoms with Crippen LogP contribution in [0.3, 0.4) is 0 Å². The molecule has 0 spiro atoms. The van der Waals surface area contributed by atoms with E-state index in [4.69, 9.17) is 4.74 Å². The van der Waals surface area contributed by atoms with E-state index in [0.717, 1.165) is 0 Å². The zero-order chi connectivity index (χ0) is 20.3. The summed E-state index contributed by atoms with van der Waals surface area (Å²) in [6.45, 7) is 1.22. The number of nitro groups is 1. The molecule has 9 nitrogen and oxygen atoms in total. The summed E-state index contributed by atoms with van der Waals surface area (Å²) in [4.78, 5) is 38.7. The Morgan fingerprint density at radius 2 is 1.89 bits per heavy atom. The lowest BCUT2D eigenvalue weighted by Gasteiger charge is -2.33. The number of nitrogens with zero attached hydrogens (tertiary/aromatic N) is 3. The van der Waals surface area contributed by atoms with Crippen LogP contribution in [0.2, 0.25) is 0 Å². The molecule has 0 saturated carbocycles. The predicted octanol–water partition coefficient (Wildman–Crippen LogP) is 1.59. The fourth-order valence-corrected chi connectivity index (χ4v) is 3.86. The maximum Gasteiger partial charge on any atom is 0.410 e. The highest BCUT2D eigenvalue weighted by molar-refractivity contribution is 7.81. The lowest BCUT2D eigenvalue weighted by molar-refractivity contribution is -0.384. The van der Waals surface area contributed by atoms with Crippen molar-refractivity contribution in [2.45, 2.75) is 43.3 Å². The minimum Gasteiger partial charge on any atom is -0.445 e. The molecule has 2 aliphatic rings. The van der Waals surface area contributed by atoms with Crippen molar-refractivity contribution in [1.82, 2.24) is 9.80 Å². The third kappa shape index (κ3) is 4.74. The fourth-order valence-electron chi connectivity index (χ4n) is 3.49. The molecule has 2 atom stereocenters. The van der Waals surface area contributed by atoms with E-state index in [2.05, 4.69) is 12.6 Å². The van der Waals surface area contributed by atoms with Crippen molar-refractivity contribution >= 4 is 30.3 Å². The van der Waals surface area contributed by atoms with Crippen molar-refractivity contribution in [3.8, 4) is 0 Å². The molecular formula is C18H23N3O6S. The molecule has 10 heteroatoms. The molecule has 2 heterocycles. The number of thiol groups is 1. The highest BCUT2D eigenvalue weighted by Gasteiger charge is 2.41. The van der Waals surface area contributed by atoms with Crippen molar-refractivity contribution in [1.29, 1.82) is 0 Å².